The van der Waals surface area contributed by atoms with Crippen molar-refractivity contribution in [1.82, 2.24) is 25.6 Å². The maximum absolute atomic E-state index is 15.5. The molecule has 0 unspecified atom stereocenters. The number of hydrogen-bond acceptors (Lipinski definition) is 9. The fourth-order valence-electron chi connectivity index (χ4n) is 6.05. The lowest BCUT2D eigenvalue weighted by molar-refractivity contribution is -0.137. The zero-order valence-electron chi connectivity index (χ0n) is 32.7. The van der Waals surface area contributed by atoms with E-state index in [-0.39, 0.29) is 55.1 Å². The predicted molar refractivity (Wildman–Crippen MR) is 219 cm³/mol. The van der Waals surface area contributed by atoms with Crippen LogP contribution in [0.5, 0.6) is 6.01 Å². The molecule has 4 aromatic carbocycles. The number of anilines is 3. The molecule has 1 aliphatic rings. The van der Waals surface area contributed by atoms with E-state index in [1.807, 2.05) is 81.4 Å². The zero-order valence-corrected chi connectivity index (χ0v) is 33.5. The lowest BCUT2D eigenvalue weighted by Crippen LogP contribution is -2.44. The van der Waals surface area contributed by atoms with Crippen LogP contribution < -0.4 is 26.0 Å². The van der Waals surface area contributed by atoms with Gasteiger partial charge in [-0.2, -0.15) is 15.0 Å². The summed E-state index contributed by atoms with van der Waals surface area (Å²) in [7, 11) is 0. The van der Waals surface area contributed by atoms with Crippen molar-refractivity contribution in [3.8, 4) is 6.01 Å². The molecule has 2 amide bonds. The minimum atomic E-state index is -0.765. The van der Waals surface area contributed by atoms with Gasteiger partial charge in [-0.05, 0) is 83.7 Å². The standard InChI is InChI=1S/C44H47ClFN7O4/c1-27(2)31-12-10-30(11-13-31)24-57-42-51-40(50-41(52-42)53-44(20-21-44)32-14-16-33(45)17-15-32)49-34-18-19-35(36(46)23-34)38(55)47-25-43(4,5)26-48-39(56)37(54)22-29-8-6-28(3)7-9-29/h6-19,23,27H,20-22,24-26H2,1-5H3,(H,47,55)(H,48,56)(H2,49,50,51,52,53). The minimum Gasteiger partial charge on any atom is -0.458 e. The molecular formula is C44H47ClFN7O4. The Morgan fingerprint density at radius 1 is 0.842 bits per heavy atom. The maximum atomic E-state index is 15.5. The van der Waals surface area contributed by atoms with Crippen molar-refractivity contribution in [3.05, 3.63) is 135 Å². The van der Waals surface area contributed by atoms with E-state index in [4.69, 9.17) is 16.3 Å². The van der Waals surface area contributed by atoms with Crippen molar-refractivity contribution in [3.63, 3.8) is 0 Å². The summed E-state index contributed by atoms with van der Waals surface area (Å²) in [6.45, 7) is 10.3. The molecule has 1 aliphatic carbocycles. The lowest BCUT2D eigenvalue weighted by Gasteiger charge is -2.25. The van der Waals surface area contributed by atoms with Gasteiger partial charge in [0.25, 0.3) is 11.8 Å². The second kappa shape index (κ2) is 17.5. The van der Waals surface area contributed by atoms with Crippen LogP contribution in [0.2, 0.25) is 5.02 Å². The second-order valence-corrected chi connectivity index (χ2v) is 16.0. The highest BCUT2D eigenvalue weighted by Gasteiger charge is 2.45. The van der Waals surface area contributed by atoms with Crippen molar-refractivity contribution in [2.24, 2.45) is 5.41 Å². The van der Waals surface area contributed by atoms with Crippen LogP contribution >= 0.6 is 11.6 Å². The van der Waals surface area contributed by atoms with E-state index >= 15 is 4.39 Å². The largest absolute Gasteiger partial charge is 0.458 e. The number of carbonyl (C=O) groups is 3. The number of halogens is 2. The van der Waals surface area contributed by atoms with Crippen LogP contribution in [0.25, 0.3) is 0 Å². The SMILES string of the molecule is Cc1ccc(CC(=O)C(=O)NCC(C)(C)CNC(=O)c2ccc(Nc3nc(NC4(c5ccc(Cl)cc5)CC4)nc(OCc4ccc(C(C)C)cc4)n3)cc2F)cc1. The quantitative estimate of drug-likeness (QED) is 0.0685. The van der Waals surface area contributed by atoms with E-state index in [1.165, 1.54) is 17.7 Å². The smallest absolute Gasteiger partial charge is 0.323 e. The Morgan fingerprint density at radius 3 is 2.14 bits per heavy atom. The first kappa shape index (κ1) is 40.8. The molecule has 6 rings (SSSR count). The maximum Gasteiger partial charge on any atom is 0.323 e. The van der Waals surface area contributed by atoms with Gasteiger partial charge in [0.2, 0.25) is 17.7 Å². The Kier molecular flexibility index (Phi) is 12.5. The van der Waals surface area contributed by atoms with Gasteiger partial charge in [0.15, 0.2) is 0 Å². The number of aromatic nitrogens is 3. The molecule has 13 heteroatoms. The number of rotatable bonds is 17. The van der Waals surface area contributed by atoms with E-state index in [0.717, 1.165) is 35.1 Å². The molecule has 0 aliphatic heterocycles. The van der Waals surface area contributed by atoms with Crippen molar-refractivity contribution < 1.29 is 23.5 Å². The van der Waals surface area contributed by atoms with Gasteiger partial charge in [0, 0.05) is 30.2 Å². The van der Waals surface area contributed by atoms with Crippen LogP contribution in [0, 0.1) is 18.2 Å². The summed E-state index contributed by atoms with van der Waals surface area (Å²) >= 11 is 6.15. The van der Waals surface area contributed by atoms with E-state index in [2.05, 4.69) is 62.2 Å². The van der Waals surface area contributed by atoms with Gasteiger partial charge >= 0.3 is 6.01 Å². The number of nitrogens with one attached hydrogen (secondary N) is 4. The summed E-state index contributed by atoms with van der Waals surface area (Å²) in [5.74, 6) is -1.86. The van der Waals surface area contributed by atoms with Crippen molar-refractivity contribution >= 4 is 46.8 Å². The highest BCUT2D eigenvalue weighted by Crippen LogP contribution is 2.48. The third-order valence-electron chi connectivity index (χ3n) is 9.79. The van der Waals surface area contributed by atoms with E-state index < -0.39 is 28.8 Å². The molecule has 1 fully saturated rings. The summed E-state index contributed by atoms with van der Waals surface area (Å²) < 4.78 is 21.5. The molecule has 0 bridgehead atoms. The van der Waals surface area contributed by atoms with Crippen LogP contribution in [0.4, 0.5) is 22.0 Å². The molecule has 1 heterocycles. The first-order valence-corrected chi connectivity index (χ1v) is 19.3. The molecular weight excluding hydrogens is 745 g/mol. The zero-order chi connectivity index (χ0) is 40.7. The topological polar surface area (TPSA) is 147 Å². The number of ketones is 1. The Labute approximate surface area is 337 Å². The summed E-state index contributed by atoms with van der Waals surface area (Å²) in [6.07, 6.45) is 1.71. The average molecular weight is 792 g/mol. The molecule has 11 nitrogen and oxygen atoms in total. The van der Waals surface area contributed by atoms with Crippen molar-refractivity contribution in [1.29, 1.82) is 0 Å². The number of ether oxygens (including phenoxy) is 1. The van der Waals surface area contributed by atoms with Gasteiger partial charge in [-0.15, -0.1) is 0 Å². The summed E-state index contributed by atoms with van der Waals surface area (Å²) in [4.78, 5) is 51.6. The Balaban J connectivity index is 1.09. The fraction of sp³-hybridized carbons (Fsp3) is 0.318. The molecule has 0 spiro atoms. The van der Waals surface area contributed by atoms with Gasteiger partial charge in [0.05, 0.1) is 11.1 Å². The van der Waals surface area contributed by atoms with Gasteiger partial charge in [0.1, 0.15) is 12.4 Å². The van der Waals surface area contributed by atoms with Crippen molar-refractivity contribution in [2.45, 2.75) is 71.9 Å². The number of carbonyl (C=O) groups excluding carboxylic acids is 3. The molecule has 0 atom stereocenters. The fourth-order valence-corrected chi connectivity index (χ4v) is 6.17. The molecule has 0 radical (unpaired) electrons. The highest BCUT2D eigenvalue weighted by molar-refractivity contribution is 6.36. The highest BCUT2D eigenvalue weighted by atomic mass is 35.5. The van der Waals surface area contributed by atoms with Crippen molar-refractivity contribution in [2.75, 3.05) is 23.7 Å². The van der Waals surface area contributed by atoms with E-state index in [1.54, 1.807) is 6.07 Å². The number of amides is 2. The van der Waals surface area contributed by atoms with Crippen LogP contribution in [0.1, 0.15) is 84.6 Å². The molecule has 4 N–H and O–H groups in total. The summed E-state index contributed by atoms with van der Waals surface area (Å²) in [5, 5.41) is 12.5. The summed E-state index contributed by atoms with van der Waals surface area (Å²) in [6, 6.07) is 27.3. The Morgan fingerprint density at radius 2 is 1.49 bits per heavy atom. The number of aryl methyl sites for hydroxylation is 1. The van der Waals surface area contributed by atoms with E-state index in [0.29, 0.717) is 16.6 Å². The van der Waals surface area contributed by atoms with E-state index in [9.17, 15) is 14.4 Å². The number of nitrogens with zero attached hydrogens (tertiary/aromatic N) is 3. The van der Waals surface area contributed by atoms with Crippen LogP contribution in [-0.4, -0.2) is 45.6 Å². The monoisotopic (exact) mass is 791 g/mol. The number of Topliss-reactive ketones (excluding diaryl/α,β-unsaturated/α-hetero) is 1. The molecule has 296 valence electrons. The minimum absolute atomic E-state index is 0.00766. The molecule has 1 saturated carbocycles. The average Bonchev–Trinajstić information content (AvgIpc) is 3.96. The lowest BCUT2D eigenvalue weighted by atomic mass is 9.93. The summed E-state index contributed by atoms with van der Waals surface area (Å²) in [5.41, 5.74) is 4.13. The Hall–Kier alpha value is -5.88. The number of hydrogen-bond donors (Lipinski definition) is 4. The number of benzene rings is 4. The second-order valence-electron chi connectivity index (χ2n) is 15.6. The molecule has 1 aromatic heterocycles. The molecule has 57 heavy (non-hydrogen) atoms. The van der Waals surface area contributed by atoms with Crippen LogP contribution in [0.15, 0.2) is 91.0 Å². The van der Waals surface area contributed by atoms with Gasteiger partial charge in [-0.3, -0.25) is 14.4 Å². The third kappa shape index (κ3) is 11.1. The normalized spacial score (nSPS) is 13.1. The molecule has 5 aromatic rings. The van der Waals surface area contributed by atoms with Crippen LogP contribution in [0.3, 0.4) is 0 Å². The van der Waals surface area contributed by atoms with Gasteiger partial charge in [-0.25, -0.2) is 4.39 Å². The Bertz CT molecular complexity index is 2230. The first-order chi connectivity index (χ1) is 27.2. The first-order valence-electron chi connectivity index (χ1n) is 18.9. The predicted octanol–water partition coefficient (Wildman–Crippen LogP) is 8.20. The van der Waals surface area contributed by atoms with Gasteiger partial charge < -0.3 is 26.0 Å². The molecule has 0 saturated heterocycles. The van der Waals surface area contributed by atoms with Gasteiger partial charge in [-0.1, -0.05) is 106 Å². The third-order valence-corrected chi connectivity index (χ3v) is 10.0. The van der Waals surface area contributed by atoms with Crippen LogP contribution in [-0.2, 0) is 28.2 Å².